The van der Waals surface area contributed by atoms with E-state index in [1.165, 1.54) is 4.90 Å². The number of imidazole rings is 1. The lowest BCUT2D eigenvalue weighted by Crippen LogP contribution is -2.32. The topological polar surface area (TPSA) is 119 Å². The van der Waals surface area contributed by atoms with Crippen LogP contribution in [0.1, 0.15) is 18.7 Å². The zero-order valence-electron chi connectivity index (χ0n) is 13.4. The third-order valence-corrected chi connectivity index (χ3v) is 3.89. The summed E-state index contributed by atoms with van der Waals surface area (Å²) in [7, 11) is 0. The number of nitriles is 1. The third-order valence-electron chi connectivity index (χ3n) is 3.89. The van der Waals surface area contributed by atoms with Crippen molar-refractivity contribution in [3.63, 3.8) is 0 Å². The fourth-order valence-corrected chi connectivity index (χ4v) is 2.62. The predicted molar refractivity (Wildman–Crippen MR) is 88.0 cm³/mol. The summed E-state index contributed by atoms with van der Waals surface area (Å²) in [5.74, 6) is -0.921. The minimum absolute atomic E-state index is 0.0864. The minimum atomic E-state index is -0.635. The number of hydrogen-bond acceptors (Lipinski definition) is 6. The van der Waals surface area contributed by atoms with E-state index in [0.717, 1.165) is 11.9 Å². The van der Waals surface area contributed by atoms with Gasteiger partial charge in [-0.15, -0.1) is 0 Å². The number of aliphatic hydroxyl groups is 1. The van der Waals surface area contributed by atoms with Crippen molar-refractivity contribution in [2.24, 2.45) is 0 Å². The summed E-state index contributed by atoms with van der Waals surface area (Å²) in [5, 5.41) is 19.4. The maximum Gasteiger partial charge on any atom is 0.326 e. The minimum Gasteiger partial charge on any atom is -0.507 e. The Morgan fingerprint density at radius 1 is 1.44 bits per heavy atom. The van der Waals surface area contributed by atoms with Gasteiger partial charge in [-0.05, 0) is 18.6 Å². The second kappa shape index (κ2) is 7.05. The number of likely N-dealkylation sites (tertiary alicyclic amines) is 1. The van der Waals surface area contributed by atoms with Gasteiger partial charge in [0, 0.05) is 13.0 Å². The Balaban J connectivity index is 1.68. The Bertz CT molecular complexity index is 860. The molecular weight excluding hydrogens is 324 g/mol. The van der Waals surface area contributed by atoms with Gasteiger partial charge in [-0.3, -0.25) is 9.59 Å². The van der Waals surface area contributed by atoms with Gasteiger partial charge >= 0.3 is 5.97 Å². The summed E-state index contributed by atoms with van der Waals surface area (Å²) in [4.78, 5) is 31.8. The van der Waals surface area contributed by atoms with Gasteiger partial charge in [0.15, 0.2) is 11.6 Å². The number of ether oxygens (including phenoxy) is 1. The maximum absolute atomic E-state index is 11.8. The van der Waals surface area contributed by atoms with Crippen LogP contribution >= 0.6 is 0 Å². The van der Waals surface area contributed by atoms with Gasteiger partial charge in [-0.1, -0.05) is 12.1 Å². The number of carbonyl (C=O) groups excluding carboxylic acids is 2. The molecule has 0 aliphatic carbocycles. The van der Waals surface area contributed by atoms with Crippen LogP contribution in [0.4, 0.5) is 0 Å². The van der Waals surface area contributed by atoms with Crippen molar-refractivity contribution in [3.05, 3.63) is 35.8 Å². The van der Waals surface area contributed by atoms with Crippen LogP contribution in [0.3, 0.4) is 0 Å². The summed E-state index contributed by atoms with van der Waals surface area (Å²) in [6.07, 6.45) is 1.16. The fraction of sp³-hybridized carbons (Fsp3) is 0.294. The molecule has 1 aliphatic rings. The zero-order valence-corrected chi connectivity index (χ0v) is 13.4. The first-order chi connectivity index (χ1) is 12.1. The molecule has 1 saturated heterocycles. The van der Waals surface area contributed by atoms with Crippen LogP contribution in [0.5, 0.6) is 0 Å². The molecule has 2 aromatic rings. The van der Waals surface area contributed by atoms with Gasteiger partial charge in [0.05, 0.1) is 11.0 Å². The Hall–Kier alpha value is -3.34. The first-order valence-electron chi connectivity index (χ1n) is 7.79. The number of aromatic nitrogens is 2. The van der Waals surface area contributed by atoms with Crippen molar-refractivity contribution in [1.82, 2.24) is 14.9 Å². The molecule has 0 atom stereocenters. The fourth-order valence-electron chi connectivity index (χ4n) is 2.62. The standard InChI is InChI=1S/C17H16N4O4/c18-8-11(17-19-12-4-1-2-5-13(12)20-17)14(22)10-25-16(24)9-21-7-3-6-15(21)23/h1-2,4-5,22H,3,6-7,9-10H2,(H,19,20)/b14-11-. The molecule has 0 radical (unpaired) electrons. The molecule has 1 aromatic heterocycles. The molecule has 3 rings (SSSR count). The van der Waals surface area contributed by atoms with E-state index < -0.39 is 18.3 Å². The number of esters is 1. The average Bonchev–Trinajstić information content (AvgIpc) is 3.20. The molecule has 0 unspecified atom stereocenters. The zero-order chi connectivity index (χ0) is 17.8. The normalized spacial score (nSPS) is 15.2. The second-order valence-corrected chi connectivity index (χ2v) is 5.62. The Morgan fingerprint density at radius 3 is 2.92 bits per heavy atom. The molecule has 0 bridgehead atoms. The Kier molecular flexibility index (Phi) is 4.66. The molecule has 1 aliphatic heterocycles. The van der Waals surface area contributed by atoms with Crippen LogP contribution in [0.25, 0.3) is 16.6 Å². The number of fused-ring (bicyclic) bond motifs is 1. The smallest absolute Gasteiger partial charge is 0.326 e. The molecule has 8 heteroatoms. The highest BCUT2D eigenvalue weighted by Gasteiger charge is 2.23. The number of nitrogens with zero attached hydrogens (tertiary/aromatic N) is 3. The summed E-state index contributed by atoms with van der Waals surface area (Å²) >= 11 is 0. The molecule has 2 heterocycles. The molecule has 1 amide bonds. The predicted octanol–water partition coefficient (Wildman–Crippen LogP) is 1.52. The van der Waals surface area contributed by atoms with Crippen LogP contribution in [0.15, 0.2) is 30.0 Å². The van der Waals surface area contributed by atoms with E-state index in [1.54, 1.807) is 12.1 Å². The molecular formula is C17H16N4O4. The SMILES string of the molecule is N#C/C(=C(/O)COC(=O)CN1CCCC1=O)c1nc2ccccc2[nH]1. The molecule has 2 N–H and O–H groups in total. The number of aliphatic hydroxyl groups excluding tert-OH is 1. The number of hydrogen-bond donors (Lipinski definition) is 2. The molecule has 1 fully saturated rings. The number of amides is 1. The molecule has 25 heavy (non-hydrogen) atoms. The van der Waals surface area contributed by atoms with Crippen molar-refractivity contribution in [1.29, 1.82) is 5.26 Å². The van der Waals surface area contributed by atoms with E-state index in [0.29, 0.717) is 18.5 Å². The van der Waals surface area contributed by atoms with E-state index in [9.17, 15) is 20.0 Å². The lowest BCUT2D eigenvalue weighted by Gasteiger charge is -2.14. The van der Waals surface area contributed by atoms with Gasteiger partial charge in [0.25, 0.3) is 0 Å². The van der Waals surface area contributed by atoms with Crippen molar-refractivity contribution in [2.45, 2.75) is 12.8 Å². The average molecular weight is 340 g/mol. The number of benzene rings is 1. The summed E-state index contributed by atoms with van der Waals surface area (Å²) in [6.45, 7) is -0.0857. The lowest BCUT2D eigenvalue weighted by atomic mass is 10.2. The highest BCUT2D eigenvalue weighted by atomic mass is 16.5. The second-order valence-electron chi connectivity index (χ2n) is 5.62. The molecule has 8 nitrogen and oxygen atoms in total. The quantitative estimate of drug-likeness (QED) is 0.484. The van der Waals surface area contributed by atoms with Crippen LogP contribution < -0.4 is 0 Å². The Morgan fingerprint density at radius 2 is 2.24 bits per heavy atom. The van der Waals surface area contributed by atoms with Gasteiger partial charge in [-0.25, -0.2) is 4.98 Å². The molecule has 0 spiro atoms. The van der Waals surface area contributed by atoms with Crippen LogP contribution in [-0.2, 0) is 14.3 Å². The highest BCUT2D eigenvalue weighted by molar-refractivity contribution is 5.84. The lowest BCUT2D eigenvalue weighted by molar-refractivity contribution is -0.147. The van der Waals surface area contributed by atoms with E-state index >= 15 is 0 Å². The first-order valence-corrected chi connectivity index (χ1v) is 7.79. The summed E-state index contributed by atoms with van der Waals surface area (Å²) in [5.41, 5.74) is 1.28. The molecule has 128 valence electrons. The number of rotatable bonds is 5. The van der Waals surface area contributed by atoms with Crippen LogP contribution in [0.2, 0.25) is 0 Å². The van der Waals surface area contributed by atoms with Crippen molar-refractivity contribution in [2.75, 3.05) is 19.7 Å². The molecule has 0 saturated carbocycles. The van der Waals surface area contributed by atoms with E-state index in [-0.39, 0.29) is 23.8 Å². The monoisotopic (exact) mass is 340 g/mol. The number of para-hydroxylation sites is 2. The molecule has 1 aromatic carbocycles. The Labute approximate surface area is 143 Å². The number of nitrogens with one attached hydrogen (secondary N) is 1. The van der Waals surface area contributed by atoms with Crippen molar-refractivity contribution >= 4 is 28.5 Å². The van der Waals surface area contributed by atoms with Gasteiger partial charge in [-0.2, -0.15) is 5.26 Å². The summed E-state index contributed by atoms with van der Waals surface area (Å²) in [6, 6.07) is 9.06. The van der Waals surface area contributed by atoms with Gasteiger partial charge < -0.3 is 19.7 Å². The highest BCUT2D eigenvalue weighted by Crippen LogP contribution is 2.19. The number of aromatic amines is 1. The maximum atomic E-state index is 11.8. The van der Waals surface area contributed by atoms with Gasteiger partial charge in [0.1, 0.15) is 24.8 Å². The van der Waals surface area contributed by atoms with E-state index in [2.05, 4.69) is 9.97 Å². The van der Waals surface area contributed by atoms with Crippen LogP contribution in [-0.4, -0.2) is 51.5 Å². The number of allylic oxidation sites excluding steroid dienone is 1. The number of carbonyl (C=O) groups is 2. The van der Waals surface area contributed by atoms with Crippen molar-refractivity contribution < 1.29 is 19.4 Å². The largest absolute Gasteiger partial charge is 0.507 e. The third kappa shape index (κ3) is 3.61. The van der Waals surface area contributed by atoms with E-state index in [1.807, 2.05) is 18.2 Å². The number of H-pyrrole nitrogens is 1. The van der Waals surface area contributed by atoms with Crippen LogP contribution in [0, 0.1) is 11.3 Å². The summed E-state index contributed by atoms with van der Waals surface area (Å²) < 4.78 is 4.96. The van der Waals surface area contributed by atoms with Crippen molar-refractivity contribution in [3.8, 4) is 6.07 Å². The first kappa shape index (κ1) is 16.5. The van der Waals surface area contributed by atoms with E-state index in [4.69, 9.17) is 4.74 Å². The van der Waals surface area contributed by atoms with Gasteiger partial charge in [0.2, 0.25) is 5.91 Å².